The molecule has 252 valence electrons. The second-order valence-corrected chi connectivity index (χ2v) is 14.0. The van der Waals surface area contributed by atoms with Crippen LogP contribution in [0.25, 0.3) is 0 Å². The van der Waals surface area contributed by atoms with Crippen molar-refractivity contribution < 1.29 is 28.1 Å². The van der Waals surface area contributed by atoms with Crippen LogP contribution in [-0.2, 0) is 22.7 Å². The van der Waals surface area contributed by atoms with Crippen LogP contribution in [0.2, 0.25) is 0 Å². The molecule has 47 heavy (non-hydrogen) atoms. The highest BCUT2D eigenvalue weighted by Gasteiger charge is 2.24. The Labute approximate surface area is 294 Å². The average Bonchev–Trinajstić information content (AvgIpc) is 3.09. The molecule has 2 aliphatic rings. The van der Waals surface area contributed by atoms with E-state index >= 15 is 0 Å². The summed E-state index contributed by atoms with van der Waals surface area (Å²) in [6, 6.07) is 29.6. The van der Waals surface area contributed by atoms with E-state index in [4.69, 9.17) is 19.3 Å². The first-order valence-corrected chi connectivity index (χ1v) is 17.9. The zero-order chi connectivity index (χ0) is 33.4. The first-order chi connectivity index (χ1) is 22.7. The van der Waals surface area contributed by atoms with Gasteiger partial charge in [0, 0.05) is 8.95 Å². The van der Waals surface area contributed by atoms with E-state index in [0.717, 1.165) is 42.7 Å². The van der Waals surface area contributed by atoms with Crippen molar-refractivity contribution in [1.82, 2.24) is 0 Å². The summed E-state index contributed by atoms with van der Waals surface area (Å²) in [6.07, 6.45) is 9.70. The lowest BCUT2D eigenvalue weighted by Crippen LogP contribution is -2.28. The van der Waals surface area contributed by atoms with Gasteiger partial charge < -0.3 is 19.3 Å². The molecule has 0 saturated heterocycles. The monoisotopic (exact) mass is 772 g/mol. The molecule has 4 nitrogen and oxygen atoms in total. The van der Waals surface area contributed by atoms with Gasteiger partial charge in [-0.3, -0.25) is 0 Å². The van der Waals surface area contributed by atoms with Gasteiger partial charge in [0.1, 0.15) is 0 Å². The number of halogens is 4. The molecule has 4 aromatic carbocycles. The van der Waals surface area contributed by atoms with Crippen molar-refractivity contribution in [2.24, 2.45) is 5.92 Å². The Hall–Kier alpha value is -2.78. The van der Waals surface area contributed by atoms with Crippen LogP contribution in [-0.4, -0.2) is 23.4 Å². The van der Waals surface area contributed by atoms with Gasteiger partial charge in [-0.2, -0.15) is 0 Å². The molecule has 4 aromatic rings. The lowest BCUT2D eigenvalue weighted by molar-refractivity contribution is -0.00718. The molecule has 0 amide bonds. The average molecular weight is 775 g/mol. The normalized spacial score (nSPS) is 20.6. The van der Waals surface area contributed by atoms with Crippen molar-refractivity contribution in [3.05, 3.63) is 129 Å². The minimum atomic E-state index is -0.607. The van der Waals surface area contributed by atoms with E-state index in [-0.39, 0.29) is 23.8 Å². The molecule has 1 N–H and O–H groups in total. The van der Waals surface area contributed by atoms with Gasteiger partial charge >= 0.3 is 0 Å². The second kappa shape index (κ2) is 19.9. The number of hydrogen-bond donors (Lipinski definition) is 1. The standard InChI is InChI=1S/C19H20BrFO2.C14H20O.C6H4BrFO/c20-15-6-11-19(18(21)12-15)23-17-9-7-16(8-10-17)22-13-14-4-2-1-3-5-14;1-12-7-9-14(10-8-12)15-11-13-5-3-2-4-6-13;7-4-1-2-6(9)5(8)3-4/h1-6,11-12,16-17H,7-10,13H2;2-6,12,14H,7-11H2,1H3;1-3,9H. The highest BCUT2D eigenvalue weighted by atomic mass is 79.9. The van der Waals surface area contributed by atoms with E-state index in [1.165, 1.54) is 55.0 Å². The minimum absolute atomic E-state index is 0.0715. The molecular weight excluding hydrogens is 730 g/mol. The summed E-state index contributed by atoms with van der Waals surface area (Å²) in [5.74, 6) is -0.00664. The van der Waals surface area contributed by atoms with Crippen molar-refractivity contribution in [3.8, 4) is 11.5 Å². The van der Waals surface area contributed by atoms with Crippen molar-refractivity contribution in [2.45, 2.75) is 89.8 Å². The van der Waals surface area contributed by atoms with Gasteiger partial charge in [0.2, 0.25) is 0 Å². The van der Waals surface area contributed by atoms with Gasteiger partial charge in [-0.15, -0.1) is 0 Å². The third kappa shape index (κ3) is 13.7. The molecule has 6 rings (SSSR count). The molecule has 0 aliphatic heterocycles. The molecule has 2 saturated carbocycles. The summed E-state index contributed by atoms with van der Waals surface area (Å²) < 4.78 is 45.1. The predicted octanol–water partition coefficient (Wildman–Crippen LogP) is 11.6. The first kappa shape index (κ1) is 37.0. The predicted molar refractivity (Wildman–Crippen MR) is 190 cm³/mol. The lowest BCUT2D eigenvalue weighted by Gasteiger charge is -2.29. The van der Waals surface area contributed by atoms with Crippen LogP contribution in [0.3, 0.4) is 0 Å². The maximum Gasteiger partial charge on any atom is 0.166 e. The van der Waals surface area contributed by atoms with E-state index < -0.39 is 5.82 Å². The molecule has 2 fully saturated rings. The molecule has 0 heterocycles. The van der Waals surface area contributed by atoms with Gasteiger partial charge in [0.05, 0.1) is 31.5 Å². The molecule has 0 radical (unpaired) electrons. The SMILES string of the molecule is CC1CCC(OCc2ccccc2)CC1.Fc1cc(Br)ccc1OC1CCC(OCc2ccccc2)CC1.Oc1ccc(Br)cc1F. The number of rotatable bonds is 8. The maximum absolute atomic E-state index is 13.8. The third-order valence-corrected chi connectivity index (χ3v) is 9.32. The fourth-order valence-corrected chi connectivity index (χ4v) is 6.19. The summed E-state index contributed by atoms with van der Waals surface area (Å²) in [6.45, 7) is 3.77. The summed E-state index contributed by atoms with van der Waals surface area (Å²) in [4.78, 5) is 0. The van der Waals surface area contributed by atoms with Gasteiger partial charge in [-0.1, -0.05) is 99.4 Å². The summed E-state index contributed by atoms with van der Waals surface area (Å²) in [5.41, 5.74) is 2.49. The molecule has 0 aromatic heterocycles. The number of ether oxygens (including phenoxy) is 3. The summed E-state index contributed by atoms with van der Waals surface area (Å²) in [7, 11) is 0. The van der Waals surface area contributed by atoms with Crippen LogP contribution >= 0.6 is 31.9 Å². The van der Waals surface area contributed by atoms with E-state index in [9.17, 15) is 8.78 Å². The second-order valence-electron chi connectivity index (χ2n) is 12.2. The Morgan fingerprint density at radius 2 is 1.04 bits per heavy atom. The highest BCUT2D eigenvalue weighted by Crippen LogP contribution is 2.29. The Morgan fingerprint density at radius 3 is 1.51 bits per heavy atom. The number of phenols is 1. The summed E-state index contributed by atoms with van der Waals surface area (Å²) >= 11 is 6.30. The number of aromatic hydroxyl groups is 1. The van der Waals surface area contributed by atoms with Crippen LogP contribution in [0.4, 0.5) is 8.78 Å². The van der Waals surface area contributed by atoms with Crippen molar-refractivity contribution in [3.63, 3.8) is 0 Å². The minimum Gasteiger partial charge on any atom is -0.505 e. The Kier molecular flexibility index (Phi) is 15.7. The van der Waals surface area contributed by atoms with Crippen LogP contribution in [0.5, 0.6) is 11.5 Å². The van der Waals surface area contributed by atoms with E-state index in [0.29, 0.717) is 22.9 Å². The van der Waals surface area contributed by atoms with E-state index in [1.54, 1.807) is 18.2 Å². The Balaban J connectivity index is 0.000000178. The largest absolute Gasteiger partial charge is 0.505 e. The van der Waals surface area contributed by atoms with Crippen molar-refractivity contribution >= 4 is 31.9 Å². The maximum atomic E-state index is 13.8. The zero-order valence-electron chi connectivity index (χ0n) is 26.8. The van der Waals surface area contributed by atoms with Gasteiger partial charge in [0.15, 0.2) is 23.1 Å². The number of phenolic OH excluding ortho intramolecular Hbond substituents is 1. The highest BCUT2D eigenvalue weighted by molar-refractivity contribution is 9.10. The molecule has 8 heteroatoms. The number of benzene rings is 4. The fourth-order valence-electron chi connectivity index (χ4n) is 5.52. The Morgan fingerprint density at radius 1 is 0.596 bits per heavy atom. The molecular formula is C39H44Br2F2O4. The van der Waals surface area contributed by atoms with Crippen LogP contribution in [0, 0.1) is 17.6 Å². The quantitative estimate of drug-likeness (QED) is 0.194. The van der Waals surface area contributed by atoms with Crippen LogP contribution < -0.4 is 4.74 Å². The molecule has 0 atom stereocenters. The molecule has 2 aliphatic carbocycles. The third-order valence-electron chi connectivity index (χ3n) is 8.34. The van der Waals surface area contributed by atoms with E-state index in [2.05, 4.69) is 75.2 Å². The Bertz CT molecular complexity index is 1460. The first-order valence-electron chi connectivity index (χ1n) is 16.3. The molecule has 0 spiro atoms. The van der Waals surface area contributed by atoms with Gasteiger partial charge in [-0.25, -0.2) is 8.78 Å². The van der Waals surface area contributed by atoms with Gasteiger partial charge in [-0.05, 0) is 105 Å². The zero-order valence-corrected chi connectivity index (χ0v) is 30.0. The van der Waals surface area contributed by atoms with Crippen molar-refractivity contribution in [1.29, 1.82) is 0 Å². The fraction of sp³-hybridized carbons (Fsp3) is 0.385. The van der Waals surface area contributed by atoms with Gasteiger partial charge in [0.25, 0.3) is 0 Å². The van der Waals surface area contributed by atoms with Crippen LogP contribution in [0.15, 0.2) is 106 Å². The van der Waals surface area contributed by atoms with Crippen molar-refractivity contribution in [2.75, 3.05) is 0 Å². The topological polar surface area (TPSA) is 47.9 Å². The summed E-state index contributed by atoms with van der Waals surface area (Å²) in [5, 5.41) is 8.65. The lowest BCUT2D eigenvalue weighted by atomic mass is 9.89. The smallest absolute Gasteiger partial charge is 0.166 e. The van der Waals surface area contributed by atoms with E-state index in [1.807, 2.05) is 24.3 Å². The molecule has 0 bridgehead atoms. The van der Waals surface area contributed by atoms with Crippen LogP contribution in [0.1, 0.15) is 69.4 Å². The number of hydrogen-bond acceptors (Lipinski definition) is 4. The molecule has 0 unspecified atom stereocenters.